The molecule has 0 unspecified atom stereocenters. The zero-order valence-electron chi connectivity index (χ0n) is 11.8. The van der Waals surface area contributed by atoms with Crippen LogP contribution in [0.5, 0.6) is 0 Å². The molecule has 0 bridgehead atoms. The maximum absolute atomic E-state index is 2.34. The Labute approximate surface area is 111 Å². The Morgan fingerprint density at radius 2 is 1.72 bits per heavy atom. The van der Waals surface area contributed by atoms with Crippen molar-refractivity contribution in [1.29, 1.82) is 0 Å². The van der Waals surface area contributed by atoms with Crippen LogP contribution >= 0.6 is 0 Å². The molecule has 0 heterocycles. The van der Waals surface area contributed by atoms with E-state index in [0.29, 0.717) is 5.92 Å². The van der Waals surface area contributed by atoms with Gasteiger partial charge in [-0.3, -0.25) is 0 Å². The van der Waals surface area contributed by atoms with Gasteiger partial charge >= 0.3 is 0 Å². The minimum absolute atomic E-state index is 0.582. The van der Waals surface area contributed by atoms with Crippen LogP contribution in [0, 0.1) is 6.92 Å². The second-order valence-electron chi connectivity index (χ2n) is 5.24. The Hall–Kier alpha value is -1.56. The number of aryl methyl sites for hydroxylation is 2. The van der Waals surface area contributed by atoms with E-state index in [0.717, 1.165) is 6.42 Å². The normalized spacial score (nSPS) is 10.9. The van der Waals surface area contributed by atoms with Gasteiger partial charge in [-0.2, -0.15) is 0 Å². The zero-order valence-corrected chi connectivity index (χ0v) is 11.8. The molecule has 0 spiro atoms. The molecule has 0 N–H and O–H groups in total. The molecule has 0 saturated heterocycles. The second-order valence-corrected chi connectivity index (χ2v) is 5.24. The monoisotopic (exact) mass is 238 g/mol. The standard InChI is InChI=1S/C18H22/c1-5-15-9-6-8-14(4)18(15)17-11-7-10-16(12-17)13(2)3/h6-13H,5H2,1-4H3. The van der Waals surface area contributed by atoms with E-state index >= 15 is 0 Å². The van der Waals surface area contributed by atoms with Crippen LogP contribution in [0.4, 0.5) is 0 Å². The first kappa shape index (κ1) is 12.9. The summed E-state index contributed by atoms with van der Waals surface area (Å²) in [5.41, 5.74) is 7.00. The van der Waals surface area contributed by atoms with Gasteiger partial charge in [-0.15, -0.1) is 0 Å². The van der Waals surface area contributed by atoms with E-state index in [-0.39, 0.29) is 0 Å². The lowest BCUT2D eigenvalue weighted by atomic mass is 9.91. The summed E-state index contributed by atoms with van der Waals surface area (Å²) in [7, 11) is 0. The third kappa shape index (κ3) is 2.48. The molecule has 0 fully saturated rings. The summed E-state index contributed by atoms with van der Waals surface area (Å²) in [5.74, 6) is 0.582. The van der Waals surface area contributed by atoms with Gasteiger partial charge in [0.05, 0.1) is 0 Å². The first-order valence-corrected chi connectivity index (χ1v) is 6.82. The number of rotatable bonds is 3. The summed E-state index contributed by atoms with van der Waals surface area (Å²) in [4.78, 5) is 0. The first-order valence-electron chi connectivity index (χ1n) is 6.82. The Bertz CT molecular complexity index is 535. The minimum Gasteiger partial charge on any atom is -0.0617 e. The molecule has 0 aliphatic carbocycles. The van der Waals surface area contributed by atoms with Gasteiger partial charge in [0.2, 0.25) is 0 Å². The molecule has 0 saturated carbocycles. The van der Waals surface area contributed by atoms with Crippen molar-refractivity contribution in [3.05, 3.63) is 59.2 Å². The maximum Gasteiger partial charge on any atom is -0.0123 e. The van der Waals surface area contributed by atoms with Gasteiger partial charge in [-0.25, -0.2) is 0 Å². The van der Waals surface area contributed by atoms with Crippen molar-refractivity contribution in [2.75, 3.05) is 0 Å². The Morgan fingerprint density at radius 1 is 1.00 bits per heavy atom. The van der Waals surface area contributed by atoms with Crippen molar-refractivity contribution in [1.82, 2.24) is 0 Å². The Balaban J connectivity index is 2.58. The molecule has 94 valence electrons. The molecule has 0 aliphatic heterocycles. The van der Waals surface area contributed by atoms with E-state index in [2.05, 4.69) is 70.2 Å². The Kier molecular flexibility index (Phi) is 3.86. The third-order valence-electron chi connectivity index (χ3n) is 3.58. The fourth-order valence-corrected chi connectivity index (χ4v) is 2.49. The van der Waals surface area contributed by atoms with Crippen LogP contribution in [0.1, 0.15) is 43.4 Å². The minimum atomic E-state index is 0.582. The summed E-state index contributed by atoms with van der Waals surface area (Å²) < 4.78 is 0. The van der Waals surface area contributed by atoms with Gasteiger partial charge in [0, 0.05) is 0 Å². The molecule has 18 heavy (non-hydrogen) atoms. The van der Waals surface area contributed by atoms with Crippen molar-refractivity contribution in [3.63, 3.8) is 0 Å². The molecule has 0 aliphatic rings. The Morgan fingerprint density at radius 3 is 2.39 bits per heavy atom. The zero-order chi connectivity index (χ0) is 13.1. The molecule has 2 rings (SSSR count). The lowest BCUT2D eigenvalue weighted by molar-refractivity contribution is 0.867. The maximum atomic E-state index is 2.34. The van der Waals surface area contributed by atoms with E-state index in [4.69, 9.17) is 0 Å². The van der Waals surface area contributed by atoms with E-state index in [1.807, 2.05) is 0 Å². The van der Waals surface area contributed by atoms with Crippen LogP contribution in [-0.2, 0) is 6.42 Å². The van der Waals surface area contributed by atoms with Crippen LogP contribution in [-0.4, -0.2) is 0 Å². The molecule has 0 amide bonds. The topological polar surface area (TPSA) is 0 Å². The molecule has 0 atom stereocenters. The average molecular weight is 238 g/mol. The summed E-state index contributed by atoms with van der Waals surface area (Å²) in [6.07, 6.45) is 1.09. The highest BCUT2D eigenvalue weighted by Crippen LogP contribution is 2.30. The summed E-state index contributed by atoms with van der Waals surface area (Å²) >= 11 is 0. The van der Waals surface area contributed by atoms with E-state index in [9.17, 15) is 0 Å². The van der Waals surface area contributed by atoms with E-state index in [1.165, 1.54) is 27.8 Å². The predicted octanol–water partition coefficient (Wildman–Crippen LogP) is 5.35. The van der Waals surface area contributed by atoms with Gasteiger partial charge in [0.1, 0.15) is 0 Å². The van der Waals surface area contributed by atoms with Crippen molar-refractivity contribution in [2.45, 2.75) is 40.0 Å². The van der Waals surface area contributed by atoms with Crippen molar-refractivity contribution < 1.29 is 0 Å². The average Bonchev–Trinajstić information content (AvgIpc) is 2.38. The molecular weight excluding hydrogens is 216 g/mol. The smallest absolute Gasteiger partial charge is 0.0123 e. The van der Waals surface area contributed by atoms with Gasteiger partial charge in [0.25, 0.3) is 0 Å². The van der Waals surface area contributed by atoms with E-state index < -0.39 is 0 Å². The molecule has 0 heteroatoms. The molecule has 0 radical (unpaired) electrons. The van der Waals surface area contributed by atoms with Crippen LogP contribution in [0.25, 0.3) is 11.1 Å². The van der Waals surface area contributed by atoms with Gasteiger partial charge in [0.15, 0.2) is 0 Å². The highest BCUT2D eigenvalue weighted by molar-refractivity contribution is 5.71. The fraction of sp³-hybridized carbons (Fsp3) is 0.333. The molecule has 2 aromatic rings. The van der Waals surface area contributed by atoms with Crippen molar-refractivity contribution in [3.8, 4) is 11.1 Å². The molecular formula is C18H22. The van der Waals surface area contributed by atoms with Crippen LogP contribution in [0.15, 0.2) is 42.5 Å². The van der Waals surface area contributed by atoms with Gasteiger partial charge < -0.3 is 0 Å². The first-order chi connectivity index (χ1) is 8.63. The quantitative estimate of drug-likeness (QED) is 0.676. The van der Waals surface area contributed by atoms with E-state index in [1.54, 1.807) is 0 Å². The van der Waals surface area contributed by atoms with Crippen LogP contribution in [0.3, 0.4) is 0 Å². The number of hydrogen-bond acceptors (Lipinski definition) is 0. The molecule has 2 aromatic carbocycles. The van der Waals surface area contributed by atoms with Crippen molar-refractivity contribution >= 4 is 0 Å². The summed E-state index contributed by atoms with van der Waals surface area (Å²) in [5, 5.41) is 0. The lowest BCUT2D eigenvalue weighted by Crippen LogP contribution is -1.93. The predicted molar refractivity (Wildman–Crippen MR) is 80.1 cm³/mol. The fourth-order valence-electron chi connectivity index (χ4n) is 2.49. The van der Waals surface area contributed by atoms with Crippen LogP contribution in [0.2, 0.25) is 0 Å². The van der Waals surface area contributed by atoms with Crippen LogP contribution < -0.4 is 0 Å². The van der Waals surface area contributed by atoms with Gasteiger partial charge in [-0.05, 0) is 47.1 Å². The summed E-state index contributed by atoms with van der Waals surface area (Å²) in [6.45, 7) is 8.93. The van der Waals surface area contributed by atoms with Crippen molar-refractivity contribution in [2.24, 2.45) is 0 Å². The highest BCUT2D eigenvalue weighted by Gasteiger charge is 2.08. The third-order valence-corrected chi connectivity index (χ3v) is 3.58. The SMILES string of the molecule is CCc1cccc(C)c1-c1cccc(C(C)C)c1. The lowest BCUT2D eigenvalue weighted by Gasteiger charge is -2.14. The number of benzene rings is 2. The number of hydrogen-bond donors (Lipinski definition) is 0. The largest absolute Gasteiger partial charge is 0.0617 e. The van der Waals surface area contributed by atoms with Gasteiger partial charge in [-0.1, -0.05) is 63.2 Å². The highest BCUT2D eigenvalue weighted by atomic mass is 14.1. The molecule has 0 aromatic heterocycles. The molecule has 0 nitrogen and oxygen atoms in total. The second kappa shape index (κ2) is 5.39. The summed E-state index contributed by atoms with van der Waals surface area (Å²) in [6, 6.07) is 15.6.